The molecule has 0 radical (unpaired) electrons. The Balaban J connectivity index is 2.13. The molecule has 100 valence electrons. The van der Waals surface area contributed by atoms with Crippen LogP contribution in [0.15, 0.2) is 29.3 Å². The van der Waals surface area contributed by atoms with Crippen LogP contribution in [0.5, 0.6) is 0 Å². The summed E-state index contributed by atoms with van der Waals surface area (Å²) in [5.41, 5.74) is 6.69. The van der Waals surface area contributed by atoms with E-state index in [-0.39, 0.29) is 5.82 Å². The predicted molar refractivity (Wildman–Crippen MR) is 72.0 cm³/mol. The quantitative estimate of drug-likeness (QED) is 0.493. The van der Waals surface area contributed by atoms with E-state index < -0.39 is 6.04 Å². The molecule has 0 spiro atoms. The number of benzene rings is 1. The Labute approximate surface area is 112 Å². The Kier molecular flexibility index (Phi) is 4.37. The molecule has 2 rings (SSSR count). The number of hydrogen-bond donors (Lipinski definition) is 1. The van der Waals surface area contributed by atoms with Gasteiger partial charge in [0.2, 0.25) is 0 Å². The van der Waals surface area contributed by atoms with Crippen molar-refractivity contribution < 1.29 is 9.13 Å². The van der Waals surface area contributed by atoms with Crippen molar-refractivity contribution in [1.82, 2.24) is 4.90 Å². The van der Waals surface area contributed by atoms with Gasteiger partial charge in [-0.25, -0.2) is 9.38 Å². The van der Waals surface area contributed by atoms with Crippen molar-refractivity contribution in [1.29, 1.82) is 0 Å². The third-order valence-corrected chi connectivity index (χ3v) is 2.94. The molecule has 0 aliphatic carbocycles. The number of nitrogens with zero attached hydrogens (tertiary/aromatic N) is 2. The number of halogens is 1. The molecular weight excluding hydrogens is 245 g/mol. The van der Waals surface area contributed by atoms with E-state index in [1.165, 1.54) is 12.1 Å². The maximum absolute atomic E-state index is 12.9. The van der Waals surface area contributed by atoms with Crippen molar-refractivity contribution in [3.05, 3.63) is 35.6 Å². The van der Waals surface area contributed by atoms with Crippen LogP contribution in [-0.2, 0) is 4.74 Å². The lowest BCUT2D eigenvalue weighted by atomic mass is 10.1. The van der Waals surface area contributed by atoms with Crippen LogP contribution >= 0.6 is 0 Å². The Morgan fingerprint density at radius 3 is 2.58 bits per heavy atom. The molecule has 0 amide bonds. The molecule has 1 unspecified atom stereocenters. The van der Waals surface area contributed by atoms with E-state index in [0.717, 1.165) is 5.56 Å². The average Bonchev–Trinajstić information content (AvgIpc) is 2.46. The maximum atomic E-state index is 12.9. The van der Waals surface area contributed by atoms with Crippen molar-refractivity contribution >= 4 is 5.96 Å². The molecule has 5 heteroatoms. The van der Waals surface area contributed by atoms with Crippen LogP contribution in [-0.4, -0.2) is 37.2 Å². The van der Waals surface area contributed by atoms with E-state index in [1.54, 1.807) is 12.1 Å². The largest absolute Gasteiger partial charge is 0.378 e. The Bertz CT molecular complexity index is 486. The maximum Gasteiger partial charge on any atom is 0.193 e. The van der Waals surface area contributed by atoms with Crippen molar-refractivity contribution in [3.8, 4) is 12.3 Å². The minimum absolute atomic E-state index is 0.301. The summed E-state index contributed by atoms with van der Waals surface area (Å²) in [6, 6.07) is 5.47. The van der Waals surface area contributed by atoms with Gasteiger partial charge in [-0.2, -0.15) is 0 Å². The van der Waals surface area contributed by atoms with Crippen LogP contribution in [0.1, 0.15) is 11.6 Å². The summed E-state index contributed by atoms with van der Waals surface area (Å²) in [4.78, 5) is 6.25. The highest BCUT2D eigenvalue weighted by Crippen LogP contribution is 2.17. The number of ether oxygens (including phenoxy) is 1. The molecule has 19 heavy (non-hydrogen) atoms. The van der Waals surface area contributed by atoms with E-state index in [0.29, 0.717) is 32.3 Å². The van der Waals surface area contributed by atoms with Crippen LogP contribution < -0.4 is 5.73 Å². The van der Waals surface area contributed by atoms with Crippen LogP contribution in [0.4, 0.5) is 4.39 Å². The van der Waals surface area contributed by atoms with Crippen molar-refractivity contribution in [2.75, 3.05) is 26.3 Å². The summed E-state index contributed by atoms with van der Waals surface area (Å²) in [5.74, 6) is 2.66. The predicted octanol–water partition coefficient (Wildman–Crippen LogP) is 1.15. The molecule has 0 bridgehead atoms. The number of rotatable bonds is 2. The van der Waals surface area contributed by atoms with Crippen LogP contribution in [0, 0.1) is 18.2 Å². The lowest BCUT2D eigenvalue weighted by Crippen LogP contribution is -2.45. The van der Waals surface area contributed by atoms with Crippen LogP contribution in [0.3, 0.4) is 0 Å². The second-order valence-corrected chi connectivity index (χ2v) is 4.21. The minimum Gasteiger partial charge on any atom is -0.378 e. The minimum atomic E-state index is -0.497. The number of aliphatic imine (C=N–C) groups is 1. The van der Waals surface area contributed by atoms with Gasteiger partial charge in [-0.1, -0.05) is 18.1 Å². The first-order chi connectivity index (χ1) is 9.20. The van der Waals surface area contributed by atoms with E-state index in [9.17, 15) is 4.39 Å². The van der Waals surface area contributed by atoms with Gasteiger partial charge in [0.15, 0.2) is 5.96 Å². The normalized spacial score (nSPS) is 17.9. The average molecular weight is 261 g/mol. The van der Waals surface area contributed by atoms with E-state index in [1.807, 2.05) is 4.90 Å². The first kappa shape index (κ1) is 13.4. The standard InChI is InChI=1S/C14H16FN3O/c1-2-13(11-3-5-12(15)6-4-11)17-14(16)18-7-9-19-10-8-18/h1,3-6,13H,7-10H2,(H2,16,17). The van der Waals surface area contributed by atoms with Gasteiger partial charge in [0, 0.05) is 13.1 Å². The molecule has 0 aromatic heterocycles. The summed E-state index contributed by atoms with van der Waals surface area (Å²) in [5, 5.41) is 0. The number of guanidine groups is 1. The van der Waals surface area contributed by atoms with E-state index in [2.05, 4.69) is 10.9 Å². The van der Waals surface area contributed by atoms with Gasteiger partial charge in [-0.15, -0.1) is 6.42 Å². The second kappa shape index (κ2) is 6.21. The fourth-order valence-corrected chi connectivity index (χ4v) is 1.86. The van der Waals surface area contributed by atoms with Gasteiger partial charge in [0.25, 0.3) is 0 Å². The van der Waals surface area contributed by atoms with E-state index >= 15 is 0 Å². The molecule has 1 heterocycles. The van der Waals surface area contributed by atoms with Gasteiger partial charge >= 0.3 is 0 Å². The highest BCUT2D eigenvalue weighted by Gasteiger charge is 2.14. The summed E-state index contributed by atoms with van der Waals surface area (Å²) >= 11 is 0. The van der Waals surface area contributed by atoms with Gasteiger partial charge < -0.3 is 15.4 Å². The lowest BCUT2D eigenvalue weighted by molar-refractivity contribution is 0.0673. The molecular formula is C14H16FN3O. The fraction of sp³-hybridized carbons (Fsp3) is 0.357. The third-order valence-electron chi connectivity index (χ3n) is 2.94. The molecule has 1 fully saturated rings. The zero-order valence-corrected chi connectivity index (χ0v) is 10.6. The van der Waals surface area contributed by atoms with E-state index in [4.69, 9.17) is 16.9 Å². The Morgan fingerprint density at radius 1 is 1.37 bits per heavy atom. The first-order valence-corrected chi connectivity index (χ1v) is 6.08. The molecule has 1 atom stereocenters. The Hall–Kier alpha value is -2.06. The SMILES string of the molecule is C#CC(N=C(N)N1CCOCC1)c1ccc(F)cc1. The third kappa shape index (κ3) is 3.46. The lowest BCUT2D eigenvalue weighted by Gasteiger charge is -2.28. The van der Waals surface area contributed by atoms with Gasteiger partial charge in [0.1, 0.15) is 11.9 Å². The topological polar surface area (TPSA) is 50.8 Å². The molecule has 1 aromatic rings. The number of morpholine rings is 1. The molecule has 1 saturated heterocycles. The highest BCUT2D eigenvalue weighted by molar-refractivity contribution is 5.78. The molecule has 1 aromatic carbocycles. The van der Waals surface area contributed by atoms with Gasteiger partial charge in [-0.3, -0.25) is 0 Å². The van der Waals surface area contributed by atoms with Crippen LogP contribution in [0.25, 0.3) is 0 Å². The number of nitrogens with two attached hydrogens (primary N) is 1. The van der Waals surface area contributed by atoms with Crippen molar-refractivity contribution in [3.63, 3.8) is 0 Å². The van der Waals surface area contributed by atoms with Gasteiger partial charge in [0.05, 0.1) is 13.2 Å². The zero-order valence-electron chi connectivity index (χ0n) is 10.6. The van der Waals surface area contributed by atoms with Gasteiger partial charge in [-0.05, 0) is 17.7 Å². The summed E-state index contributed by atoms with van der Waals surface area (Å²) in [6.07, 6.45) is 5.47. The number of terminal acetylenes is 1. The summed E-state index contributed by atoms with van der Waals surface area (Å²) in [7, 11) is 0. The molecule has 1 aliphatic heterocycles. The summed E-state index contributed by atoms with van der Waals surface area (Å²) < 4.78 is 18.1. The molecule has 4 nitrogen and oxygen atoms in total. The highest BCUT2D eigenvalue weighted by atomic mass is 19.1. The molecule has 2 N–H and O–H groups in total. The smallest absolute Gasteiger partial charge is 0.193 e. The Morgan fingerprint density at radius 2 is 2.00 bits per heavy atom. The monoisotopic (exact) mass is 261 g/mol. The van der Waals surface area contributed by atoms with Crippen molar-refractivity contribution in [2.45, 2.75) is 6.04 Å². The molecule has 1 aliphatic rings. The van der Waals surface area contributed by atoms with Crippen LogP contribution in [0.2, 0.25) is 0 Å². The summed E-state index contributed by atoms with van der Waals surface area (Å²) in [6.45, 7) is 2.67. The second-order valence-electron chi connectivity index (χ2n) is 4.21. The number of hydrogen-bond acceptors (Lipinski definition) is 2. The fourth-order valence-electron chi connectivity index (χ4n) is 1.86. The van der Waals surface area contributed by atoms with Crippen molar-refractivity contribution in [2.24, 2.45) is 10.7 Å². The molecule has 0 saturated carbocycles. The first-order valence-electron chi connectivity index (χ1n) is 6.08. The zero-order chi connectivity index (χ0) is 13.7.